The molecule has 0 spiro atoms. The van der Waals surface area contributed by atoms with Crippen LogP contribution in [0.15, 0.2) is 0 Å². The first-order chi connectivity index (χ1) is 7.91. The van der Waals surface area contributed by atoms with Gasteiger partial charge in [0.05, 0.1) is 5.60 Å². The molecule has 17 heavy (non-hydrogen) atoms. The fourth-order valence-corrected chi connectivity index (χ4v) is 2.73. The summed E-state index contributed by atoms with van der Waals surface area (Å²) in [5, 5.41) is 10.6. The van der Waals surface area contributed by atoms with Crippen molar-refractivity contribution in [3.63, 3.8) is 0 Å². The Morgan fingerprint density at radius 1 is 1.24 bits per heavy atom. The average Bonchev–Trinajstić information content (AvgIpc) is 2.28. The summed E-state index contributed by atoms with van der Waals surface area (Å²) >= 11 is 0. The number of hydrogen-bond acceptors (Lipinski definition) is 3. The normalized spacial score (nSPS) is 20.8. The van der Waals surface area contributed by atoms with Gasteiger partial charge in [0.25, 0.3) is 0 Å². The van der Waals surface area contributed by atoms with Gasteiger partial charge in [0, 0.05) is 13.1 Å². The van der Waals surface area contributed by atoms with Crippen LogP contribution in [0, 0.1) is 5.41 Å². The molecule has 1 aliphatic rings. The summed E-state index contributed by atoms with van der Waals surface area (Å²) in [4.78, 5) is 2.36. The van der Waals surface area contributed by atoms with Gasteiger partial charge in [-0.15, -0.1) is 0 Å². The summed E-state index contributed by atoms with van der Waals surface area (Å²) in [6.07, 6.45) is 5.56. The Morgan fingerprint density at radius 3 is 2.29 bits per heavy atom. The van der Waals surface area contributed by atoms with Gasteiger partial charge >= 0.3 is 0 Å². The van der Waals surface area contributed by atoms with E-state index in [9.17, 15) is 5.11 Å². The molecule has 1 rings (SSSR count). The third-order valence-corrected chi connectivity index (χ3v) is 3.95. The van der Waals surface area contributed by atoms with Gasteiger partial charge in [0.2, 0.25) is 0 Å². The number of likely N-dealkylation sites (N-methyl/N-ethyl adjacent to an activating group) is 1. The minimum absolute atomic E-state index is 0.140. The molecule has 0 atom stereocenters. The van der Waals surface area contributed by atoms with E-state index in [1.54, 1.807) is 0 Å². The van der Waals surface area contributed by atoms with Crippen molar-refractivity contribution in [3.05, 3.63) is 0 Å². The molecule has 3 nitrogen and oxygen atoms in total. The Labute approximate surface area is 106 Å². The van der Waals surface area contributed by atoms with Crippen molar-refractivity contribution >= 4 is 0 Å². The highest BCUT2D eigenvalue weighted by atomic mass is 16.3. The molecule has 0 saturated heterocycles. The second-order valence-electron chi connectivity index (χ2n) is 6.46. The van der Waals surface area contributed by atoms with Crippen LogP contribution in [0.4, 0.5) is 0 Å². The van der Waals surface area contributed by atoms with Crippen LogP contribution in [0.25, 0.3) is 0 Å². The molecule has 0 bridgehead atoms. The number of nitrogens with two attached hydrogens (primary N) is 1. The monoisotopic (exact) mass is 242 g/mol. The fourth-order valence-electron chi connectivity index (χ4n) is 2.73. The maximum absolute atomic E-state index is 10.6. The van der Waals surface area contributed by atoms with E-state index in [-0.39, 0.29) is 5.41 Å². The van der Waals surface area contributed by atoms with Crippen molar-refractivity contribution in [2.24, 2.45) is 11.1 Å². The van der Waals surface area contributed by atoms with Gasteiger partial charge in [-0.2, -0.15) is 0 Å². The van der Waals surface area contributed by atoms with Crippen LogP contribution in [-0.2, 0) is 0 Å². The number of rotatable bonds is 6. The Morgan fingerprint density at radius 2 is 1.82 bits per heavy atom. The van der Waals surface area contributed by atoms with Crippen LogP contribution in [-0.4, -0.2) is 41.8 Å². The second-order valence-corrected chi connectivity index (χ2v) is 6.46. The quantitative estimate of drug-likeness (QED) is 0.749. The molecule has 1 saturated carbocycles. The van der Waals surface area contributed by atoms with Gasteiger partial charge in [0.1, 0.15) is 0 Å². The van der Waals surface area contributed by atoms with Gasteiger partial charge in [-0.25, -0.2) is 0 Å². The molecule has 0 aliphatic heterocycles. The summed E-state index contributed by atoms with van der Waals surface area (Å²) in [5.74, 6) is 0. The zero-order valence-corrected chi connectivity index (χ0v) is 11.8. The molecule has 1 fully saturated rings. The highest BCUT2D eigenvalue weighted by molar-refractivity contribution is 4.87. The molecule has 0 heterocycles. The average molecular weight is 242 g/mol. The summed E-state index contributed by atoms with van der Waals surface area (Å²) in [5.41, 5.74) is 5.48. The van der Waals surface area contributed by atoms with Gasteiger partial charge in [-0.3, -0.25) is 0 Å². The van der Waals surface area contributed by atoms with Gasteiger partial charge in [-0.1, -0.05) is 40.0 Å². The van der Waals surface area contributed by atoms with E-state index in [1.807, 2.05) is 0 Å². The van der Waals surface area contributed by atoms with Crippen LogP contribution in [0.2, 0.25) is 0 Å². The van der Waals surface area contributed by atoms with E-state index in [0.717, 1.165) is 32.5 Å². The minimum atomic E-state index is -0.445. The molecule has 102 valence electrons. The first kappa shape index (κ1) is 14.9. The summed E-state index contributed by atoms with van der Waals surface area (Å²) in [6.45, 7) is 10.0. The Hall–Kier alpha value is -0.120. The van der Waals surface area contributed by atoms with Crippen LogP contribution in [0.3, 0.4) is 0 Å². The lowest BCUT2D eigenvalue weighted by molar-refractivity contribution is -0.0312. The van der Waals surface area contributed by atoms with E-state index in [2.05, 4.69) is 25.7 Å². The standard InChI is InChI=1S/C14H30N2O/c1-4-16(11-13(2,3)10-15)12-14(17)8-6-5-7-9-14/h17H,4-12,15H2,1-3H3. The Bertz CT molecular complexity index is 222. The molecule has 3 N–H and O–H groups in total. The molecular weight excluding hydrogens is 212 g/mol. The molecule has 0 radical (unpaired) electrons. The van der Waals surface area contributed by atoms with Gasteiger partial charge < -0.3 is 15.7 Å². The van der Waals surface area contributed by atoms with E-state index >= 15 is 0 Å². The second kappa shape index (κ2) is 6.17. The highest BCUT2D eigenvalue weighted by Crippen LogP contribution is 2.29. The van der Waals surface area contributed by atoms with E-state index in [0.29, 0.717) is 6.54 Å². The first-order valence-electron chi connectivity index (χ1n) is 7.06. The third-order valence-electron chi connectivity index (χ3n) is 3.95. The largest absolute Gasteiger partial charge is 0.389 e. The van der Waals surface area contributed by atoms with Crippen molar-refractivity contribution in [1.82, 2.24) is 4.90 Å². The lowest BCUT2D eigenvalue weighted by atomic mass is 9.84. The number of aliphatic hydroxyl groups is 1. The van der Waals surface area contributed by atoms with E-state index in [1.165, 1.54) is 19.3 Å². The zero-order chi connectivity index (χ0) is 12.9. The molecule has 3 heteroatoms. The van der Waals surface area contributed by atoms with E-state index in [4.69, 9.17) is 5.73 Å². The summed E-state index contributed by atoms with van der Waals surface area (Å²) < 4.78 is 0. The van der Waals surface area contributed by atoms with Crippen molar-refractivity contribution in [3.8, 4) is 0 Å². The maximum Gasteiger partial charge on any atom is 0.0774 e. The number of hydrogen-bond donors (Lipinski definition) is 2. The SMILES string of the molecule is CCN(CC(C)(C)CN)CC1(O)CCCCC1. The predicted octanol–water partition coefficient (Wildman–Crippen LogP) is 1.99. The third kappa shape index (κ3) is 4.94. The smallest absolute Gasteiger partial charge is 0.0774 e. The lowest BCUT2D eigenvalue weighted by Gasteiger charge is -2.39. The Kier molecular flexibility index (Phi) is 5.42. The lowest BCUT2D eigenvalue weighted by Crippen LogP contribution is -2.48. The molecule has 0 aromatic heterocycles. The molecule has 0 aromatic rings. The van der Waals surface area contributed by atoms with Crippen LogP contribution < -0.4 is 5.73 Å². The topological polar surface area (TPSA) is 49.5 Å². The van der Waals surface area contributed by atoms with Crippen LogP contribution in [0.5, 0.6) is 0 Å². The van der Waals surface area contributed by atoms with Gasteiger partial charge in [-0.05, 0) is 31.3 Å². The van der Waals surface area contributed by atoms with Crippen LogP contribution >= 0.6 is 0 Å². The first-order valence-corrected chi connectivity index (χ1v) is 7.06. The fraction of sp³-hybridized carbons (Fsp3) is 1.00. The highest BCUT2D eigenvalue weighted by Gasteiger charge is 2.32. The summed E-state index contributed by atoms with van der Waals surface area (Å²) in [6, 6.07) is 0. The van der Waals surface area contributed by atoms with Crippen molar-refractivity contribution < 1.29 is 5.11 Å². The molecular formula is C14H30N2O. The zero-order valence-electron chi connectivity index (χ0n) is 11.8. The molecule has 0 aromatic carbocycles. The van der Waals surface area contributed by atoms with Crippen LogP contribution in [0.1, 0.15) is 52.9 Å². The molecule has 0 unspecified atom stereocenters. The maximum atomic E-state index is 10.6. The van der Waals surface area contributed by atoms with Gasteiger partial charge in [0.15, 0.2) is 0 Å². The van der Waals surface area contributed by atoms with E-state index < -0.39 is 5.60 Å². The van der Waals surface area contributed by atoms with Crippen molar-refractivity contribution in [2.75, 3.05) is 26.2 Å². The Balaban J connectivity index is 2.50. The minimum Gasteiger partial charge on any atom is -0.389 e. The summed E-state index contributed by atoms with van der Waals surface area (Å²) in [7, 11) is 0. The molecule has 0 amide bonds. The molecule has 1 aliphatic carbocycles. The van der Waals surface area contributed by atoms with Crippen molar-refractivity contribution in [1.29, 1.82) is 0 Å². The predicted molar refractivity (Wildman–Crippen MR) is 73.0 cm³/mol. The number of nitrogens with zero attached hydrogens (tertiary/aromatic N) is 1. The van der Waals surface area contributed by atoms with Crippen molar-refractivity contribution in [2.45, 2.75) is 58.5 Å².